The standard InChI is InChI=1S/C16H23NO3/c1-17-10-4-3-5-14(17)12-20-15-8-6-13(7-9-15)11-16(18)19-2/h6-9,14H,3-5,10-12H2,1-2H3. The van der Waals surface area contributed by atoms with Crippen LogP contribution in [0.1, 0.15) is 24.8 Å². The number of rotatable bonds is 5. The van der Waals surface area contributed by atoms with Crippen molar-refractivity contribution in [2.75, 3.05) is 27.3 Å². The van der Waals surface area contributed by atoms with Crippen LogP contribution in [0.2, 0.25) is 0 Å². The third kappa shape index (κ3) is 4.23. The van der Waals surface area contributed by atoms with Crippen molar-refractivity contribution in [2.24, 2.45) is 0 Å². The summed E-state index contributed by atoms with van der Waals surface area (Å²) in [4.78, 5) is 13.5. The van der Waals surface area contributed by atoms with E-state index in [2.05, 4.69) is 16.7 Å². The number of esters is 1. The molecule has 0 amide bonds. The van der Waals surface area contributed by atoms with E-state index in [1.54, 1.807) is 0 Å². The fourth-order valence-electron chi connectivity index (χ4n) is 2.49. The molecule has 4 heteroatoms. The number of nitrogens with zero attached hydrogens (tertiary/aromatic N) is 1. The van der Waals surface area contributed by atoms with Gasteiger partial charge in [0.05, 0.1) is 13.5 Å². The van der Waals surface area contributed by atoms with Crippen molar-refractivity contribution < 1.29 is 14.3 Å². The molecule has 1 fully saturated rings. The molecule has 1 aliphatic heterocycles. The van der Waals surface area contributed by atoms with Gasteiger partial charge in [-0.05, 0) is 44.1 Å². The van der Waals surface area contributed by atoms with E-state index in [1.165, 1.54) is 26.4 Å². The molecule has 0 N–H and O–H groups in total. The number of hydrogen-bond acceptors (Lipinski definition) is 4. The third-order valence-corrected chi connectivity index (χ3v) is 3.86. The van der Waals surface area contributed by atoms with Gasteiger partial charge < -0.3 is 14.4 Å². The molecule has 20 heavy (non-hydrogen) atoms. The summed E-state index contributed by atoms with van der Waals surface area (Å²) >= 11 is 0. The van der Waals surface area contributed by atoms with Gasteiger partial charge in [0.25, 0.3) is 0 Å². The van der Waals surface area contributed by atoms with Gasteiger partial charge in [0, 0.05) is 6.04 Å². The lowest BCUT2D eigenvalue weighted by Crippen LogP contribution is -2.40. The molecular weight excluding hydrogens is 254 g/mol. The van der Waals surface area contributed by atoms with E-state index in [0.717, 1.165) is 24.5 Å². The molecule has 1 saturated heterocycles. The van der Waals surface area contributed by atoms with E-state index >= 15 is 0 Å². The van der Waals surface area contributed by atoms with Crippen molar-refractivity contribution in [1.82, 2.24) is 4.90 Å². The Bertz CT molecular complexity index is 430. The zero-order valence-electron chi connectivity index (χ0n) is 12.3. The molecule has 0 spiro atoms. The first-order valence-electron chi connectivity index (χ1n) is 7.18. The van der Waals surface area contributed by atoms with Gasteiger partial charge >= 0.3 is 5.97 Å². The minimum absolute atomic E-state index is 0.220. The molecule has 0 radical (unpaired) electrons. The van der Waals surface area contributed by atoms with E-state index in [1.807, 2.05) is 24.3 Å². The van der Waals surface area contributed by atoms with Gasteiger partial charge in [-0.25, -0.2) is 0 Å². The Morgan fingerprint density at radius 3 is 2.70 bits per heavy atom. The van der Waals surface area contributed by atoms with E-state index in [9.17, 15) is 4.79 Å². The van der Waals surface area contributed by atoms with Crippen LogP contribution in [0.15, 0.2) is 24.3 Å². The summed E-state index contributed by atoms with van der Waals surface area (Å²) in [7, 11) is 3.56. The predicted molar refractivity (Wildman–Crippen MR) is 77.9 cm³/mol. The molecule has 2 rings (SSSR count). The van der Waals surface area contributed by atoms with Crippen LogP contribution in [0.3, 0.4) is 0 Å². The van der Waals surface area contributed by atoms with E-state index in [-0.39, 0.29) is 5.97 Å². The van der Waals surface area contributed by atoms with Crippen molar-refractivity contribution in [3.8, 4) is 5.75 Å². The number of likely N-dealkylation sites (N-methyl/N-ethyl adjacent to an activating group) is 1. The topological polar surface area (TPSA) is 38.8 Å². The Morgan fingerprint density at radius 2 is 2.05 bits per heavy atom. The maximum Gasteiger partial charge on any atom is 0.309 e. The number of carbonyl (C=O) groups excluding carboxylic acids is 1. The maximum atomic E-state index is 11.2. The molecule has 4 nitrogen and oxygen atoms in total. The number of piperidine rings is 1. The zero-order valence-corrected chi connectivity index (χ0v) is 12.3. The molecule has 1 aliphatic rings. The van der Waals surface area contributed by atoms with Crippen LogP contribution >= 0.6 is 0 Å². The van der Waals surface area contributed by atoms with Crippen LogP contribution in [0.25, 0.3) is 0 Å². The van der Waals surface area contributed by atoms with Gasteiger partial charge in [0.2, 0.25) is 0 Å². The quantitative estimate of drug-likeness (QED) is 0.774. The predicted octanol–water partition coefficient (Wildman–Crippen LogP) is 2.27. The smallest absolute Gasteiger partial charge is 0.309 e. The highest BCUT2D eigenvalue weighted by Gasteiger charge is 2.19. The Balaban J connectivity index is 1.82. The highest BCUT2D eigenvalue weighted by Crippen LogP contribution is 2.18. The number of benzene rings is 1. The Kier molecular flexibility index (Phi) is 5.41. The second-order valence-corrected chi connectivity index (χ2v) is 5.34. The van der Waals surface area contributed by atoms with Crippen LogP contribution in [0.5, 0.6) is 5.75 Å². The molecule has 1 unspecified atom stereocenters. The fourth-order valence-corrected chi connectivity index (χ4v) is 2.49. The fraction of sp³-hybridized carbons (Fsp3) is 0.562. The Morgan fingerprint density at radius 1 is 1.30 bits per heavy atom. The van der Waals surface area contributed by atoms with Gasteiger partial charge in [0.1, 0.15) is 12.4 Å². The molecule has 0 aliphatic carbocycles. The van der Waals surface area contributed by atoms with Crippen LogP contribution < -0.4 is 4.74 Å². The van der Waals surface area contributed by atoms with Crippen LogP contribution in [-0.2, 0) is 16.0 Å². The summed E-state index contributed by atoms with van der Waals surface area (Å²) in [6, 6.07) is 8.18. The molecule has 0 saturated carbocycles. The molecule has 1 atom stereocenters. The lowest BCUT2D eigenvalue weighted by Gasteiger charge is -2.32. The minimum atomic E-state index is -0.220. The minimum Gasteiger partial charge on any atom is -0.492 e. The van der Waals surface area contributed by atoms with Gasteiger partial charge in [-0.2, -0.15) is 0 Å². The highest BCUT2D eigenvalue weighted by atomic mass is 16.5. The van der Waals surface area contributed by atoms with Crippen molar-refractivity contribution in [1.29, 1.82) is 0 Å². The highest BCUT2D eigenvalue weighted by molar-refractivity contribution is 5.72. The van der Waals surface area contributed by atoms with Crippen LogP contribution in [0, 0.1) is 0 Å². The first-order chi connectivity index (χ1) is 9.69. The van der Waals surface area contributed by atoms with Gasteiger partial charge in [0.15, 0.2) is 0 Å². The number of ether oxygens (including phenoxy) is 2. The molecular formula is C16H23NO3. The second kappa shape index (κ2) is 7.29. The Labute approximate surface area is 120 Å². The summed E-state index contributed by atoms with van der Waals surface area (Å²) < 4.78 is 10.5. The average molecular weight is 277 g/mol. The van der Waals surface area contributed by atoms with E-state index in [0.29, 0.717) is 12.5 Å². The number of likely N-dealkylation sites (tertiary alicyclic amines) is 1. The van der Waals surface area contributed by atoms with Gasteiger partial charge in [-0.1, -0.05) is 18.6 Å². The summed E-state index contributed by atoms with van der Waals surface area (Å²) in [5.41, 5.74) is 0.944. The first-order valence-corrected chi connectivity index (χ1v) is 7.18. The van der Waals surface area contributed by atoms with Crippen LogP contribution in [-0.4, -0.2) is 44.2 Å². The summed E-state index contributed by atoms with van der Waals surface area (Å²) in [5.74, 6) is 0.639. The second-order valence-electron chi connectivity index (χ2n) is 5.34. The number of methoxy groups -OCH3 is 1. The molecule has 1 aromatic carbocycles. The Hall–Kier alpha value is -1.55. The maximum absolute atomic E-state index is 11.2. The van der Waals surface area contributed by atoms with Crippen LogP contribution in [0.4, 0.5) is 0 Å². The van der Waals surface area contributed by atoms with E-state index in [4.69, 9.17) is 4.74 Å². The first kappa shape index (κ1) is 14.9. The van der Waals surface area contributed by atoms with Crippen molar-refractivity contribution in [3.63, 3.8) is 0 Å². The molecule has 0 bridgehead atoms. The monoisotopic (exact) mass is 277 g/mol. The lowest BCUT2D eigenvalue weighted by molar-refractivity contribution is -0.139. The third-order valence-electron chi connectivity index (χ3n) is 3.86. The van der Waals surface area contributed by atoms with Crippen molar-refractivity contribution in [3.05, 3.63) is 29.8 Å². The van der Waals surface area contributed by atoms with Crippen molar-refractivity contribution >= 4 is 5.97 Å². The number of carbonyl (C=O) groups is 1. The van der Waals surface area contributed by atoms with Gasteiger partial charge in [-0.15, -0.1) is 0 Å². The lowest BCUT2D eigenvalue weighted by atomic mass is 10.0. The largest absolute Gasteiger partial charge is 0.492 e. The molecule has 0 aromatic heterocycles. The normalized spacial score (nSPS) is 19.6. The molecule has 110 valence electrons. The average Bonchev–Trinajstić information content (AvgIpc) is 2.48. The molecule has 1 aromatic rings. The zero-order chi connectivity index (χ0) is 14.4. The SMILES string of the molecule is COC(=O)Cc1ccc(OCC2CCCCN2C)cc1. The summed E-state index contributed by atoms with van der Waals surface area (Å²) in [6.45, 7) is 1.89. The molecule has 1 heterocycles. The van der Waals surface area contributed by atoms with Gasteiger partial charge in [-0.3, -0.25) is 4.79 Å². The van der Waals surface area contributed by atoms with E-state index < -0.39 is 0 Å². The summed E-state index contributed by atoms with van der Waals surface area (Å²) in [6.07, 6.45) is 4.09. The summed E-state index contributed by atoms with van der Waals surface area (Å²) in [5, 5.41) is 0. The van der Waals surface area contributed by atoms with Crippen molar-refractivity contribution in [2.45, 2.75) is 31.7 Å². The number of hydrogen-bond donors (Lipinski definition) is 0.